The van der Waals surface area contributed by atoms with E-state index in [1.807, 2.05) is 6.26 Å². The summed E-state index contributed by atoms with van der Waals surface area (Å²) in [6, 6.07) is -0.741. The van der Waals surface area contributed by atoms with Gasteiger partial charge in [0.25, 0.3) is 0 Å². The van der Waals surface area contributed by atoms with Crippen LogP contribution in [-0.4, -0.2) is 50.4 Å². The predicted molar refractivity (Wildman–Crippen MR) is 72.9 cm³/mol. The normalized spacial score (nSPS) is 15.3. The molecule has 0 aliphatic rings. The largest absolute Gasteiger partial charge is 0.355 e. The molecule has 0 heterocycles. The first-order chi connectivity index (χ1) is 7.76. The van der Waals surface area contributed by atoms with Gasteiger partial charge in [0.2, 0.25) is 5.91 Å². The van der Waals surface area contributed by atoms with E-state index in [-0.39, 0.29) is 18.1 Å². The second kappa shape index (κ2) is 7.94. The first kappa shape index (κ1) is 16.7. The lowest BCUT2D eigenvalue weighted by atomic mass is 10.2. The molecule has 2 atom stereocenters. The Morgan fingerprint density at radius 3 is 2.47 bits per heavy atom. The monoisotopic (exact) mass is 282 g/mol. The lowest BCUT2D eigenvalue weighted by Crippen LogP contribution is -2.42. The maximum Gasteiger partial charge on any atom is 0.236 e. The van der Waals surface area contributed by atoms with Crippen LogP contribution in [0.1, 0.15) is 19.8 Å². The molecule has 2 unspecified atom stereocenters. The number of carbonyl (C=O) groups is 1. The molecule has 5 nitrogen and oxygen atoms in total. The van der Waals surface area contributed by atoms with Crippen LogP contribution < -0.4 is 11.1 Å². The van der Waals surface area contributed by atoms with E-state index in [9.17, 15) is 13.2 Å². The highest BCUT2D eigenvalue weighted by molar-refractivity contribution is 7.99. The average molecular weight is 282 g/mol. The van der Waals surface area contributed by atoms with Crippen LogP contribution in [0.2, 0.25) is 0 Å². The minimum absolute atomic E-state index is 0.0528. The lowest BCUT2D eigenvalue weighted by Gasteiger charge is -2.13. The standard InChI is InChI=1S/C10H22N2O3S2/c1-8(16-2)4-6-12-10(13)9(11)5-7-17(3,14)15/h8-9H,4-7,11H2,1-3H3,(H,12,13). The Morgan fingerprint density at radius 2 is 2.00 bits per heavy atom. The fourth-order valence-corrected chi connectivity index (χ4v) is 2.16. The fraction of sp³-hybridized carbons (Fsp3) is 0.900. The fourth-order valence-electron chi connectivity index (χ4n) is 1.12. The second-order valence-corrected chi connectivity index (χ2v) is 7.69. The zero-order valence-electron chi connectivity index (χ0n) is 10.6. The molecule has 0 saturated heterocycles. The summed E-state index contributed by atoms with van der Waals surface area (Å²) >= 11 is 1.74. The van der Waals surface area contributed by atoms with Crippen molar-refractivity contribution in [1.29, 1.82) is 0 Å². The second-order valence-electron chi connectivity index (χ2n) is 4.15. The zero-order valence-corrected chi connectivity index (χ0v) is 12.2. The molecule has 0 aromatic heterocycles. The van der Waals surface area contributed by atoms with Gasteiger partial charge in [-0.2, -0.15) is 11.8 Å². The molecular weight excluding hydrogens is 260 g/mol. The quantitative estimate of drug-likeness (QED) is 0.654. The summed E-state index contributed by atoms with van der Waals surface area (Å²) in [7, 11) is -3.05. The predicted octanol–water partition coefficient (Wildman–Crippen LogP) is 0.00620. The molecule has 0 aliphatic heterocycles. The van der Waals surface area contributed by atoms with E-state index in [1.54, 1.807) is 11.8 Å². The Kier molecular flexibility index (Phi) is 7.82. The molecule has 102 valence electrons. The summed E-state index contributed by atoms with van der Waals surface area (Å²) in [5, 5.41) is 3.20. The molecule has 0 aromatic rings. The molecule has 1 amide bonds. The summed E-state index contributed by atoms with van der Waals surface area (Å²) in [4.78, 5) is 11.5. The van der Waals surface area contributed by atoms with Crippen LogP contribution in [0, 0.1) is 0 Å². The molecule has 0 bridgehead atoms. The van der Waals surface area contributed by atoms with Crippen LogP contribution in [0.5, 0.6) is 0 Å². The van der Waals surface area contributed by atoms with Crippen LogP contribution >= 0.6 is 11.8 Å². The Balaban J connectivity index is 3.83. The van der Waals surface area contributed by atoms with Gasteiger partial charge in [-0.1, -0.05) is 6.92 Å². The van der Waals surface area contributed by atoms with Gasteiger partial charge in [-0.15, -0.1) is 0 Å². The third kappa shape index (κ3) is 9.43. The van der Waals surface area contributed by atoms with Crippen LogP contribution in [0.15, 0.2) is 0 Å². The van der Waals surface area contributed by atoms with Gasteiger partial charge in [0.15, 0.2) is 0 Å². The van der Waals surface area contributed by atoms with Crippen molar-refractivity contribution in [3.63, 3.8) is 0 Å². The zero-order chi connectivity index (χ0) is 13.5. The number of hydrogen-bond donors (Lipinski definition) is 2. The number of sulfone groups is 1. The summed E-state index contributed by atoms with van der Waals surface area (Å²) in [6.07, 6.45) is 4.20. The number of hydrogen-bond acceptors (Lipinski definition) is 5. The maximum atomic E-state index is 11.5. The Labute approximate surface area is 108 Å². The highest BCUT2D eigenvalue weighted by Gasteiger charge is 2.15. The molecule has 0 radical (unpaired) electrons. The van der Waals surface area contributed by atoms with E-state index in [2.05, 4.69) is 12.2 Å². The summed E-state index contributed by atoms with van der Waals surface area (Å²) < 4.78 is 21.8. The molecule has 0 saturated carbocycles. The van der Waals surface area contributed by atoms with Crippen molar-refractivity contribution in [2.24, 2.45) is 5.73 Å². The van der Waals surface area contributed by atoms with Crippen molar-refractivity contribution in [3.8, 4) is 0 Å². The average Bonchev–Trinajstić information content (AvgIpc) is 2.24. The van der Waals surface area contributed by atoms with Crippen molar-refractivity contribution in [2.75, 3.05) is 24.8 Å². The molecule has 0 aromatic carbocycles. The number of carbonyl (C=O) groups excluding carboxylic acids is 1. The number of amides is 1. The van der Waals surface area contributed by atoms with Gasteiger partial charge in [-0.3, -0.25) is 4.79 Å². The van der Waals surface area contributed by atoms with E-state index >= 15 is 0 Å². The van der Waals surface area contributed by atoms with Crippen molar-refractivity contribution in [1.82, 2.24) is 5.32 Å². The Morgan fingerprint density at radius 1 is 1.41 bits per heavy atom. The topological polar surface area (TPSA) is 89.3 Å². The minimum atomic E-state index is -3.05. The van der Waals surface area contributed by atoms with Gasteiger partial charge in [-0.25, -0.2) is 8.42 Å². The molecule has 0 spiro atoms. The number of rotatable bonds is 8. The molecular formula is C10H22N2O3S2. The first-order valence-electron chi connectivity index (χ1n) is 5.50. The van der Waals surface area contributed by atoms with Crippen LogP contribution in [-0.2, 0) is 14.6 Å². The highest BCUT2D eigenvalue weighted by atomic mass is 32.2. The van der Waals surface area contributed by atoms with Crippen LogP contribution in [0.25, 0.3) is 0 Å². The maximum absolute atomic E-state index is 11.5. The van der Waals surface area contributed by atoms with E-state index in [1.165, 1.54) is 0 Å². The van der Waals surface area contributed by atoms with Gasteiger partial charge >= 0.3 is 0 Å². The van der Waals surface area contributed by atoms with Gasteiger partial charge in [-0.05, 0) is 19.1 Å². The van der Waals surface area contributed by atoms with Crippen molar-refractivity contribution >= 4 is 27.5 Å². The van der Waals surface area contributed by atoms with Gasteiger partial charge in [0.05, 0.1) is 11.8 Å². The third-order valence-corrected chi connectivity index (χ3v) is 4.41. The number of nitrogens with two attached hydrogens (primary N) is 1. The van der Waals surface area contributed by atoms with E-state index < -0.39 is 15.9 Å². The van der Waals surface area contributed by atoms with Crippen molar-refractivity contribution in [2.45, 2.75) is 31.1 Å². The van der Waals surface area contributed by atoms with Crippen molar-refractivity contribution in [3.05, 3.63) is 0 Å². The summed E-state index contributed by atoms with van der Waals surface area (Å²) in [5.41, 5.74) is 5.59. The van der Waals surface area contributed by atoms with Gasteiger partial charge < -0.3 is 11.1 Å². The summed E-state index contributed by atoms with van der Waals surface area (Å²) in [5.74, 6) is -0.329. The molecule has 0 rings (SSSR count). The number of thioether (sulfide) groups is 1. The molecule has 3 N–H and O–H groups in total. The smallest absolute Gasteiger partial charge is 0.236 e. The first-order valence-corrected chi connectivity index (χ1v) is 8.85. The summed E-state index contributed by atoms with van der Waals surface area (Å²) in [6.45, 7) is 2.66. The van der Waals surface area contributed by atoms with Crippen molar-refractivity contribution < 1.29 is 13.2 Å². The van der Waals surface area contributed by atoms with Gasteiger partial charge in [0.1, 0.15) is 9.84 Å². The Bertz CT molecular complexity index is 330. The van der Waals surface area contributed by atoms with Crippen LogP contribution in [0.3, 0.4) is 0 Å². The lowest BCUT2D eigenvalue weighted by molar-refractivity contribution is -0.122. The highest BCUT2D eigenvalue weighted by Crippen LogP contribution is 2.07. The molecule has 0 fully saturated rings. The minimum Gasteiger partial charge on any atom is -0.355 e. The SMILES string of the molecule is CSC(C)CCNC(=O)C(N)CCS(C)(=O)=O. The van der Waals surface area contributed by atoms with E-state index in [0.717, 1.165) is 12.7 Å². The van der Waals surface area contributed by atoms with E-state index in [4.69, 9.17) is 5.73 Å². The van der Waals surface area contributed by atoms with Gasteiger partial charge in [0, 0.05) is 18.1 Å². The van der Waals surface area contributed by atoms with Crippen LogP contribution in [0.4, 0.5) is 0 Å². The Hall–Kier alpha value is -0.270. The van der Waals surface area contributed by atoms with E-state index in [0.29, 0.717) is 11.8 Å². The third-order valence-electron chi connectivity index (χ3n) is 2.39. The molecule has 7 heteroatoms. The molecule has 0 aliphatic carbocycles. The molecule has 17 heavy (non-hydrogen) atoms. The number of nitrogens with one attached hydrogen (secondary N) is 1.